The van der Waals surface area contributed by atoms with Gasteiger partial charge < -0.3 is 9.30 Å². The molecule has 1 fully saturated rings. The third-order valence-electron chi connectivity index (χ3n) is 4.62. The number of halogens is 1. The molecule has 0 bridgehead atoms. The lowest BCUT2D eigenvalue weighted by atomic mass is 10.1. The average Bonchev–Trinajstić information content (AvgIpc) is 3.20. The van der Waals surface area contributed by atoms with Crippen LogP contribution in [0.15, 0.2) is 72.4 Å². The number of nitrogens with one attached hydrogen (secondary N) is 1. The van der Waals surface area contributed by atoms with Crippen LogP contribution in [0, 0.1) is 5.82 Å². The number of rotatable bonds is 4. The highest BCUT2D eigenvalue weighted by Crippen LogP contribution is 2.25. The van der Waals surface area contributed by atoms with Crippen LogP contribution >= 0.6 is 12.2 Å². The molecule has 2 amide bonds. The number of para-hydroxylation sites is 1. The molecular weight excluding hydrogens is 405 g/mol. The molecule has 1 aliphatic rings. The number of anilines is 1. The van der Waals surface area contributed by atoms with Crippen molar-refractivity contribution in [1.29, 1.82) is 0 Å². The largest absolute Gasteiger partial charge is 0.497 e. The molecule has 30 heavy (non-hydrogen) atoms. The van der Waals surface area contributed by atoms with Crippen LogP contribution in [0.3, 0.4) is 0 Å². The van der Waals surface area contributed by atoms with Gasteiger partial charge in [-0.2, -0.15) is 0 Å². The zero-order chi connectivity index (χ0) is 21.3. The van der Waals surface area contributed by atoms with Crippen LogP contribution < -0.4 is 15.0 Å². The van der Waals surface area contributed by atoms with Gasteiger partial charge in [0.1, 0.15) is 17.1 Å². The van der Waals surface area contributed by atoms with E-state index in [0.29, 0.717) is 11.4 Å². The number of amides is 2. The van der Waals surface area contributed by atoms with Crippen LogP contribution in [0.5, 0.6) is 5.75 Å². The van der Waals surface area contributed by atoms with Gasteiger partial charge in [0.05, 0.1) is 12.8 Å². The fraction of sp³-hybridized carbons (Fsp3) is 0.0455. The van der Waals surface area contributed by atoms with Gasteiger partial charge in [0.2, 0.25) is 0 Å². The van der Waals surface area contributed by atoms with E-state index >= 15 is 0 Å². The van der Waals surface area contributed by atoms with E-state index in [1.807, 2.05) is 28.8 Å². The van der Waals surface area contributed by atoms with E-state index in [1.54, 1.807) is 31.5 Å². The lowest BCUT2D eigenvalue weighted by molar-refractivity contribution is -0.122. The minimum atomic E-state index is -0.698. The first-order valence-electron chi connectivity index (χ1n) is 8.97. The lowest BCUT2D eigenvalue weighted by Gasteiger charge is -2.29. The quantitative estimate of drug-likeness (QED) is 0.398. The van der Waals surface area contributed by atoms with Crippen LogP contribution in [0.25, 0.3) is 11.8 Å². The second-order valence-corrected chi connectivity index (χ2v) is 6.80. The number of methoxy groups -OCH3 is 1. The zero-order valence-electron chi connectivity index (χ0n) is 15.8. The molecule has 3 aromatic rings. The van der Waals surface area contributed by atoms with Gasteiger partial charge in [-0.1, -0.05) is 12.1 Å². The summed E-state index contributed by atoms with van der Waals surface area (Å²) in [5.41, 5.74) is 1.24. The van der Waals surface area contributed by atoms with E-state index in [0.717, 1.165) is 10.6 Å². The Morgan fingerprint density at radius 3 is 2.47 bits per heavy atom. The fourth-order valence-corrected chi connectivity index (χ4v) is 3.42. The number of ether oxygens (including phenoxy) is 1. The van der Waals surface area contributed by atoms with Gasteiger partial charge in [-0.15, -0.1) is 0 Å². The van der Waals surface area contributed by atoms with Gasteiger partial charge in [-0.3, -0.25) is 14.9 Å². The topological polar surface area (TPSA) is 63.6 Å². The highest BCUT2D eigenvalue weighted by Gasteiger charge is 2.35. The van der Waals surface area contributed by atoms with Crippen LogP contribution in [0.2, 0.25) is 0 Å². The Labute approximate surface area is 177 Å². The average molecular weight is 421 g/mol. The standard InChI is InChI=1S/C22H16FN3O3S/c1-29-16-10-8-14(9-11-16)25-12-4-5-15(25)13-17-20(27)24-22(30)26(21(17)28)19-7-3-2-6-18(19)23/h2-13H,1H3,(H,24,27,30). The normalized spacial score (nSPS) is 15.5. The van der Waals surface area contributed by atoms with E-state index in [4.69, 9.17) is 17.0 Å². The van der Waals surface area contributed by atoms with Crippen molar-refractivity contribution in [2.45, 2.75) is 0 Å². The number of hydrogen-bond acceptors (Lipinski definition) is 4. The second kappa shape index (κ2) is 7.92. The molecule has 6 nitrogen and oxygen atoms in total. The van der Waals surface area contributed by atoms with E-state index in [1.165, 1.54) is 24.3 Å². The van der Waals surface area contributed by atoms with Crippen LogP contribution in [0.4, 0.5) is 10.1 Å². The summed E-state index contributed by atoms with van der Waals surface area (Å²) in [6.07, 6.45) is 3.26. The summed E-state index contributed by atoms with van der Waals surface area (Å²) in [6, 6.07) is 16.6. The lowest BCUT2D eigenvalue weighted by Crippen LogP contribution is -2.54. The third kappa shape index (κ3) is 3.48. The number of nitrogens with zero attached hydrogens (tertiary/aromatic N) is 2. The SMILES string of the molecule is COc1ccc(-n2cccc2C=C2C(=O)NC(=S)N(c3ccccc3F)C2=O)cc1. The van der Waals surface area contributed by atoms with Gasteiger partial charge in [0.15, 0.2) is 5.11 Å². The fourth-order valence-electron chi connectivity index (χ4n) is 3.15. The number of thiocarbonyl (C=S) groups is 1. The molecule has 0 aliphatic carbocycles. The summed E-state index contributed by atoms with van der Waals surface area (Å²) in [5, 5.41) is 2.29. The number of carbonyl (C=O) groups is 2. The van der Waals surface area contributed by atoms with Gasteiger partial charge in [-0.05, 0) is 66.8 Å². The molecule has 1 saturated heterocycles. The second-order valence-electron chi connectivity index (χ2n) is 6.41. The molecule has 0 spiro atoms. The first-order valence-corrected chi connectivity index (χ1v) is 9.38. The minimum absolute atomic E-state index is 0.0241. The minimum Gasteiger partial charge on any atom is -0.497 e. The van der Waals surface area contributed by atoms with Crippen LogP contribution in [-0.2, 0) is 9.59 Å². The summed E-state index contributed by atoms with van der Waals surface area (Å²) in [5.74, 6) is -1.25. The number of carbonyl (C=O) groups excluding carboxylic acids is 2. The number of benzene rings is 2. The van der Waals surface area contributed by atoms with Crippen molar-refractivity contribution in [3.05, 3.63) is 83.9 Å². The van der Waals surface area contributed by atoms with E-state index in [-0.39, 0.29) is 16.4 Å². The van der Waals surface area contributed by atoms with Crippen molar-refractivity contribution in [2.75, 3.05) is 12.0 Å². The smallest absolute Gasteiger partial charge is 0.270 e. The molecule has 2 aromatic carbocycles. The van der Waals surface area contributed by atoms with Crippen molar-refractivity contribution < 1.29 is 18.7 Å². The van der Waals surface area contributed by atoms with Crippen molar-refractivity contribution in [3.63, 3.8) is 0 Å². The Morgan fingerprint density at radius 1 is 1.03 bits per heavy atom. The molecule has 0 radical (unpaired) electrons. The van der Waals surface area contributed by atoms with Gasteiger partial charge in [-0.25, -0.2) is 9.29 Å². The third-order valence-corrected chi connectivity index (χ3v) is 4.90. The van der Waals surface area contributed by atoms with Crippen molar-refractivity contribution in [1.82, 2.24) is 9.88 Å². The summed E-state index contributed by atoms with van der Waals surface area (Å²) >= 11 is 5.11. The zero-order valence-corrected chi connectivity index (χ0v) is 16.7. The summed E-state index contributed by atoms with van der Waals surface area (Å²) in [4.78, 5) is 26.6. The van der Waals surface area contributed by atoms with Gasteiger partial charge >= 0.3 is 0 Å². The van der Waals surface area contributed by atoms with Crippen LogP contribution in [0.1, 0.15) is 5.69 Å². The molecule has 2 heterocycles. The Bertz CT molecular complexity index is 1180. The maximum absolute atomic E-state index is 14.3. The van der Waals surface area contributed by atoms with Gasteiger partial charge in [0.25, 0.3) is 11.8 Å². The monoisotopic (exact) mass is 421 g/mol. The Kier molecular flexibility index (Phi) is 5.16. The first-order chi connectivity index (χ1) is 14.5. The van der Waals surface area contributed by atoms with E-state index < -0.39 is 17.6 Å². The molecule has 0 unspecified atom stereocenters. The molecule has 8 heteroatoms. The molecule has 1 aliphatic heterocycles. The van der Waals surface area contributed by atoms with E-state index in [9.17, 15) is 14.0 Å². The molecule has 0 saturated carbocycles. The van der Waals surface area contributed by atoms with Gasteiger partial charge in [0, 0.05) is 17.6 Å². The summed E-state index contributed by atoms with van der Waals surface area (Å²) in [6.45, 7) is 0. The summed E-state index contributed by atoms with van der Waals surface area (Å²) in [7, 11) is 1.58. The molecule has 4 rings (SSSR count). The predicted molar refractivity (Wildman–Crippen MR) is 115 cm³/mol. The van der Waals surface area contributed by atoms with Crippen LogP contribution in [-0.4, -0.2) is 28.6 Å². The predicted octanol–water partition coefficient (Wildman–Crippen LogP) is 3.46. The Balaban J connectivity index is 1.74. The maximum Gasteiger partial charge on any atom is 0.270 e. The molecular formula is C22H16FN3O3S. The number of hydrogen-bond donors (Lipinski definition) is 1. The van der Waals surface area contributed by atoms with E-state index in [2.05, 4.69) is 5.32 Å². The first kappa shape index (κ1) is 19.5. The Hall–Kier alpha value is -3.78. The van der Waals surface area contributed by atoms with Crippen molar-refractivity contribution in [2.24, 2.45) is 0 Å². The summed E-state index contributed by atoms with van der Waals surface area (Å²) < 4.78 is 21.3. The highest BCUT2D eigenvalue weighted by molar-refractivity contribution is 7.80. The Morgan fingerprint density at radius 2 is 1.77 bits per heavy atom. The molecule has 1 aromatic heterocycles. The molecule has 150 valence electrons. The highest BCUT2D eigenvalue weighted by atomic mass is 32.1. The van der Waals surface area contributed by atoms with Crippen molar-refractivity contribution >= 4 is 40.9 Å². The van der Waals surface area contributed by atoms with Crippen molar-refractivity contribution in [3.8, 4) is 11.4 Å². The molecule has 1 N–H and O–H groups in total. The maximum atomic E-state index is 14.3. The molecule has 0 atom stereocenters. The number of aromatic nitrogens is 1.